The van der Waals surface area contributed by atoms with Crippen molar-refractivity contribution in [2.75, 3.05) is 5.32 Å². The van der Waals surface area contributed by atoms with Crippen molar-refractivity contribution < 1.29 is 23.5 Å². The van der Waals surface area contributed by atoms with E-state index < -0.39 is 29.6 Å². The maximum absolute atomic E-state index is 12.6. The smallest absolute Gasteiger partial charge is 0.408 e. The highest BCUT2D eigenvalue weighted by Crippen LogP contribution is 2.30. The van der Waals surface area contributed by atoms with Crippen molar-refractivity contribution in [2.24, 2.45) is 5.73 Å². The molecule has 0 saturated heterocycles. The number of benzene rings is 2. The highest BCUT2D eigenvalue weighted by molar-refractivity contribution is 6.07. The number of anilines is 1. The molecule has 3 amide bonds. The fourth-order valence-electron chi connectivity index (χ4n) is 2.89. The first-order valence-electron chi connectivity index (χ1n) is 9.12. The fraction of sp³-hybridized carbons (Fsp3) is 0.286. The summed E-state index contributed by atoms with van der Waals surface area (Å²) in [5.74, 6) is -1.32. The largest absolute Gasteiger partial charge is 0.456 e. The lowest BCUT2D eigenvalue weighted by Gasteiger charge is -2.22. The maximum atomic E-state index is 12.6. The number of carbonyl (C=O) groups excluding carboxylic acids is 3. The van der Waals surface area contributed by atoms with Gasteiger partial charge in [-0.3, -0.25) is 9.59 Å². The summed E-state index contributed by atoms with van der Waals surface area (Å²) in [6.45, 7) is 5.08. The monoisotopic (exact) mass is 397 g/mol. The molecule has 0 aliphatic carbocycles. The number of ether oxygens (including phenoxy) is 1. The van der Waals surface area contributed by atoms with E-state index in [1.54, 1.807) is 32.9 Å². The van der Waals surface area contributed by atoms with Gasteiger partial charge in [-0.05, 0) is 39.0 Å². The summed E-state index contributed by atoms with van der Waals surface area (Å²) < 4.78 is 10.9. The normalized spacial score (nSPS) is 12.5. The van der Waals surface area contributed by atoms with Crippen LogP contribution in [0, 0.1) is 0 Å². The van der Waals surface area contributed by atoms with E-state index in [2.05, 4.69) is 10.6 Å². The van der Waals surface area contributed by atoms with Crippen LogP contribution in [0.25, 0.3) is 21.9 Å². The van der Waals surface area contributed by atoms with E-state index in [9.17, 15) is 14.4 Å². The van der Waals surface area contributed by atoms with Crippen molar-refractivity contribution in [2.45, 2.75) is 38.8 Å². The molecule has 0 bridgehead atoms. The Morgan fingerprint density at radius 3 is 2.45 bits per heavy atom. The molecule has 29 heavy (non-hydrogen) atoms. The number of hydrogen-bond acceptors (Lipinski definition) is 5. The van der Waals surface area contributed by atoms with Gasteiger partial charge < -0.3 is 25.5 Å². The van der Waals surface area contributed by atoms with Gasteiger partial charge in [0.15, 0.2) is 0 Å². The third-order valence-electron chi connectivity index (χ3n) is 4.06. The molecule has 0 aliphatic rings. The number of nitrogens with one attached hydrogen (secondary N) is 2. The molecule has 0 radical (unpaired) electrons. The molecule has 0 saturated carbocycles. The topological polar surface area (TPSA) is 124 Å². The van der Waals surface area contributed by atoms with Crippen LogP contribution < -0.4 is 16.4 Å². The number of nitrogens with two attached hydrogens (primary N) is 1. The van der Waals surface area contributed by atoms with Crippen molar-refractivity contribution in [3.63, 3.8) is 0 Å². The van der Waals surface area contributed by atoms with Gasteiger partial charge in [0.1, 0.15) is 22.8 Å². The average Bonchev–Trinajstić information content (AvgIpc) is 2.96. The minimum Gasteiger partial charge on any atom is -0.456 e. The van der Waals surface area contributed by atoms with Gasteiger partial charge in [0.05, 0.1) is 6.42 Å². The Morgan fingerprint density at radius 2 is 1.76 bits per heavy atom. The van der Waals surface area contributed by atoms with Gasteiger partial charge >= 0.3 is 6.09 Å². The van der Waals surface area contributed by atoms with Crippen LogP contribution in [0.1, 0.15) is 27.2 Å². The van der Waals surface area contributed by atoms with Crippen LogP contribution in [0.5, 0.6) is 0 Å². The lowest BCUT2D eigenvalue weighted by atomic mass is 10.1. The predicted octanol–water partition coefficient (Wildman–Crippen LogP) is 3.29. The second-order valence-corrected chi connectivity index (χ2v) is 7.67. The summed E-state index contributed by atoms with van der Waals surface area (Å²) >= 11 is 0. The van der Waals surface area contributed by atoms with Gasteiger partial charge in [-0.25, -0.2) is 4.79 Å². The van der Waals surface area contributed by atoms with Crippen LogP contribution in [0.2, 0.25) is 0 Å². The Balaban J connectivity index is 1.78. The van der Waals surface area contributed by atoms with Gasteiger partial charge in [-0.1, -0.05) is 18.2 Å². The molecule has 1 heterocycles. The van der Waals surface area contributed by atoms with E-state index in [0.717, 1.165) is 16.4 Å². The van der Waals surface area contributed by atoms with Gasteiger partial charge in [0, 0.05) is 22.5 Å². The first-order chi connectivity index (χ1) is 13.6. The Hall–Kier alpha value is -3.55. The molecule has 0 fully saturated rings. The van der Waals surface area contributed by atoms with Crippen molar-refractivity contribution in [3.05, 3.63) is 42.5 Å². The number of furan rings is 1. The minimum absolute atomic E-state index is 0.363. The second-order valence-electron chi connectivity index (χ2n) is 7.67. The van der Waals surface area contributed by atoms with E-state index in [0.29, 0.717) is 11.3 Å². The number of fused-ring (bicyclic) bond motifs is 3. The number of carbonyl (C=O) groups is 3. The number of hydrogen-bond donors (Lipinski definition) is 3. The Bertz CT molecular complexity index is 1080. The van der Waals surface area contributed by atoms with E-state index in [1.807, 2.05) is 30.3 Å². The zero-order chi connectivity index (χ0) is 21.2. The van der Waals surface area contributed by atoms with Crippen LogP contribution in [0.4, 0.5) is 10.5 Å². The molecule has 3 aromatic rings. The van der Waals surface area contributed by atoms with E-state index in [-0.39, 0.29) is 6.42 Å². The SMILES string of the molecule is CC(C)(C)OC(=O)N[C@H](CC(N)=O)C(=O)Nc1ccc2c(c1)oc1ccccc12. The molecule has 152 valence electrons. The summed E-state index contributed by atoms with van der Waals surface area (Å²) in [6.07, 6.45) is -1.18. The van der Waals surface area contributed by atoms with Crippen LogP contribution in [-0.2, 0) is 14.3 Å². The second kappa shape index (κ2) is 7.83. The summed E-state index contributed by atoms with van der Waals surface area (Å²) in [4.78, 5) is 36.0. The standard InChI is InChI=1S/C21H23N3O5/c1-21(2,3)29-20(27)24-15(11-18(22)25)19(26)23-12-8-9-14-13-6-4-5-7-16(13)28-17(14)10-12/h4-10,15H,11H2,1-3H3,(H2,22,25)(H,23,26)(H,24,27)/t15-/m1/s1. The lowest BCUT2D eigenvalue weighted by molar-refractivity contribution is -0.124. The van der Waals surface area contributed by atoms with Crippen molar-refractivity contribution >= 4 is 45.5 Å². The van der Waals surface area contributed by atoms with Gasteiger partial charge in [-0.15, -0.1) is 0 Å². The zero-order valence-electron chi connectivity index (χ0n) is 16.4. The minimum atomic E-state index is -1.17. The molecule has 0 unspecified atom stereocenters. The van der Waals surface area contributed by atoms with Gasteiger partial charge in [0.2, 0.25) is 11.8 Å². The number of para-hydroxylation sites is 1. The third-order valence-corrected chi connectivity index (χ3v) is 4.06. The van der Waals surface area contributed by atoms with Crippen LogP contribution in [0.15, 0.2) is 46.9 Å². The number of amides is 3. The highest BCUT2D eigenvalue weighted by atomic mass is 16.6. The Kier molecular flexibility index (Phi) is 5.45. The first kappa shape index (κ1) is 20.2. The molecule has 0 spiro atoms. The summed E-state index contributed by atoms with van der Waals surface area (Å²) in [5.41, 5.74) is 6.28. The molecule has 2 aromatic carbocycles. The van der Waals surface area contributed by atoms with Crippen molar-refractivity contribution in [3.8, 4) is 0 Å². The molecule has 8 heteroatoms. The molecule has 1 aromatic heterocycles. The molecule has 4 N–H and O–H groups in total. The summed E-state index contributed by atoms with van der Waals surface area (Å²) in [7, 11) is 0. The van der Waals surface area contributed by atoms with Gasteiger partial charge in [-0.2, -0.15) is 0 Å². The molecular formula is C21H23N3O5. The predicted molar refractivity (Wildman–Crippen MR) is 109 cm³/mol. The number of rotatable bonds is 5. The Morgan fingerprint density at radius 1 is 1.07 bits per heavy atom. The molecule has 8 nitrogen and oxygen atoms in total. The highest BCUT2D eigenvalue weighted by Gasteiger charge is 2.26. The van der Waals surface area contributed by atoms with Crippen molar-refractivity contribution in [1.82, 2.24) is 5.32 Å². The van der Waals surface area contributed by atoms with E-state index in [1.165, 1.54) is 0 Å². The molecule has 3 rings (SSSR count). The lowest BCUT2D eigenvalue weighted by Crippen LogP contribution is -2.47. The fourth-order valence-corrected chi connectivity index (χ4v) is 2.89. The zero-order valence-corrected chi connectivity index (χ0v) is 16.4. The van der Waals surface area contributed by atoms with Gasteiger partial charge in [0.25, 0.3) is 0 Å². The maximum Gasteiger partial charge on any atom is 0.408 e. The van der Waals surface area contributed by atoms with E-state index >= 15 is 0 Å². The summed E-state index contributed by atoms with van der Waals surface area (Å²) in [5, 5.41) is 6.95. The third kappa shape index (κ3) is 5.04. The molecular weight excluding hydrogens is 374 g/mol. The molecule has 1 atom stereocenters. The van der Waals surface area contributed by atoms with Crippen LogP contribution >= 0.6 is 0 Å². The summed E-state index contributed by atoms with van der Waals surface area (Å²) in [6, 6.07) is 11.7. The molecule has 0 aliphatic heterocycles. The van der Waals surface area contributed by atoms with Crippen molar-refractivity contribution in [1.29, 1.82) is 0 Å². The van der Waals surface area contributed by atoms with Crippen LogP contribution in [0.3, 0.4) is 0 Å². The number of alkyl carbamates (subject to hydrolysis) is 1. The van der Waals surface area contributed by atoms with E-state index in [4.69, 9.17) is 14.9 Å². The van der Waals surface area contributed by atoms with Crippen LogP contribution in [-0.4, -0.2) is 29.6 Å². The first-order valence-corrected chi connectivity index (χ1v) is 9.12. The number of primary amides is 1. The quantitative estimate of drug-likeness (QED) is 0.609. The average molecular weight is 397 g/mol. The Labute approximate surface area is 167 Å².